The lowest BCUT2D eigenvalue weighted by molar-refractivity contribution is 0.0715. The third-order valence-corrected chi connectivity index (χ3v) is 4.16. The van der Waals surface area contributed by atoms with Crippen LogP contribution < -0.4 is 4.74 Å². The molecule has 26 heavy (non-hydrogen) atoms. The van der Waals surface area contributed by atoms with Crippen LogP contribution >= 0.6 is 11.6 Å². The molecule has 4 nitrogen and oxygen atoms in total. The van der Waals surface area contributed by atoms with Crippen LogP contribution in [0.25, 0.3) is 0 Å². The molecule has 2 atom stereocenters. The van der Waals surface area contributed by atoms with Crippen molar-refractivity contribution in [2.24, 2.45) is 0 Å². The molecule has 0 aliphatic heterocycles. The first kappa shape index (κ1) is 22.3. The number of aliphatic hydroxyl groups is 2. The Morgan fingerprint density at radius 2 is 1.96 bits per heavy atom. The molecule has 0 aromatic heterocycles. The van der Waals surface area contributed by atoms with Crippen LogP contribution in [0.5, 0.6) is 5.75 Å². The van der Waals surface area contributed by atoms with Crippen LogP contribution in [-0.4, -0.2) is 41.5 Å². The molecule has 2 N–H and O–H groups in total. The van der Waals surface area contributed by atoms with E-state index in [2.05, 4.69) is 6.58 Å². The molecule has 1 aromatic rings. The number of allylic oxidation sites excluding steroid dienone is 4. The standard InChI is InChI=1S/C21H29ClO4/c1-4-9-20(25-14-18(23)6-3)16(5-2)12-17-10-7-8-11-21(17)26-15-19(24)13-22/h4-5,7-11,18-19,23-24H,1,6,12-15H2,2-3H3/b16-5-,20-9+. The number of ether oxygens (including phenoxy) is 2. The van der Waals surface area contributed by atoms with Gasteiger partial charge in [0.25, 0.3) is 0 Å². The van der Waals surface area contributed by atoms with Gasteiger partial charge in [0.1, 0.15) is 30.8 Å². The van der Waals surface area contributed by atoms with Gasteiger partial charge in [0.2, 0.25) is 0 Å². The molecule has 0 bridgehead atoms. The van der Waals surface area contributed by atoms with Crippen molar-refractivity contribution in [3.63, 3.8) is 0 Å². The molecule has 2 unspecified atom stereocenters. The highest BCUT2D eigenvalue weighted by atomic mass is 35.5. The van der Waals surface area contributed by atoms with E-state index in [-0.39, 0.29) is 19.1 Å². The van der Waals surface area contributed by atoms with Gasteiger partial charge in [-0.25, -0.2) is 0 Å². The Kier molecular flexibility index (Phi) is 10.8. The smallest absolute Gasteiger partial charge is 0.122 e. The molecule has 0 amide bonds. The molecule has 1 rings (SSSR count). The second kappa shape index (κ2) is 12.6. The summed E-state index contributed by atoms with van der Waals surface area (Å²) in [5.74, 6) is 1.50. The Labute approximate surface area is 161 Å². The minimum absolute atomic E-state index is 0.127. The predicted octanol–water partition coefficient (Wildman–Crippen LogP) is 4.01. The van der Waals surface area contributed by atoms with Crippen molar-refractivity contribution in [3.8, 4) is 5.75 Å². The van der Waals surface area contributed by atoms with Crippen LogP contribution in [0, 0.1) is 0 Å². The van der Waals surface area contributed by atoms with Gasteiger partial charge in [-0.15, -0.1) is 11.6 Å². The van der Waals surface area contributed by atoms with E-state index >= 15 is 0 Å². The van der Waals surface area contributed by atoms with E-state index < -0.39 is 12.2 Å². The van der Waals surface area contributed by atoms with E-state index in [9.17, 15) is 10.2 Å². The highest BCUT2D eigenvalue weighted by Gasteiger charge is 2.13. The second-order valence-electron chi connectivity index (χ2n) is 5.86. The summed E-state index contributed by atoms with van der Waals surface area (Å²) < 4.78 is 11.5. The third-order valence-electron chi connectivity index (χ3n) is 3.80. The Hall–Kier alpha value is -1.75. The molecule has 0 spiro atoms. The average molecular weight is 381 g/mol. The first-order valence-electron chi connectivity index (χ1n) is 8.79. The number of halogens is 1. The summed E-state index contributed by atoms with van der Waals surface area (Å²) in [6.45, 7) is 7.95. The molecular formula is C21H29ClO4. The van der Waals surface area contributed by atoms with Crippen molar-refractivity contribution >= 4 is 11.6 Å². The van der Waals surface area contributed by atoms with E-state index in [4.69, 9.17) is 21.1 Å². The summed E-state index contributed by atoms with van der Waals surface area (Å²) in [7, 11) is 0. The number of hydrogen-bond acceptors (Lipinski definition) is 4. The Morgan fingerprint density at radius 1 is 1.23 bits per heavy atom. The van der Waals surface area contributed by atoms with Crippen molar-refractivity contribution in [1.29, 1.82) is 0 Å². The fourth-order valence-corrected chi connectivity index (χ4v) is 2.31. The maximum Gasteiger partial charge on any atom is 0.122 e. The lowest BCUT2D eigenvalue weighted by atomic mass is 10.0. The molecule has 0 aliphatic rings. The highest BCUT2D eigenvalue weighted by molar-refractivity contribution is 6.18. The summed E-state index contributed by atoms with van der Waals surface area (Å²) in [5.41, 5.74) is 1.93. The van der Waals surface area contributed by atoms with Gasteiger partial charge >= 0.3 is 0 Å². The lowest BCUT2D eigenvalue weighted by Crippen LogP contribution is -2.19. The van der Waals surface area contributed by atoms with Crippen molar-refractivity contribution < 1.29 is 19.7 Å². The van der Waals surface area contributed by atoms with Crippen LogP contribution in [0.2, 0.25) is 0 Å². The molecule has 0 fully saturated rings. The van der Waals surface area contributed by atoms with E-state index in [1.165, 1.54) is 0 Å². The maximum absolute atomic E-state index is 9.76. The number of alkyl halides is 1. The normalized spacial score (nSPS) is 14.7. The molecule has 0 saturated heterocycles. The lowest BCUT2D eigenvalue weighted by Gasteiger charge is -2.18. The van der Waals surface area contributed by atoms with Gasteiger partial charge in [0, 0.05) is 6.42 Å². The molecule has 0 radical (unpaired) electrons. The minimum atomic E-state index is -0.707. The van der Waals surface area contributed by atoms with Gasteiger partial charge in [-0.2, -0.15) is 0 Å². The molecule has 1 aromatic carbocycles. The number of benzene rings is 1. The van der Waals surface area contributed by atoms with Gasteiger partial charge in [-0.3, -0.25) is 0 Å². The second-order valence-corrected chi connectivity index (χ2v) is 6.17. The predicted molar refractivity (Wildman–Crippen MR) is 107 cm³/mol. The first-order chi connectivity index (χ1) is 12.5. The number of para-hydroxylation sites is 1. The van der Waals surface area contributed by atoms with Crippen molar-refractivity contribution in [1.82, 2.24) is 0 Å². The third kappa shape index (κ3) is 7.65. The number of aliphatic hydroxyl groups excluding tert-OH is 2. The van der Waals surface area contributed by atoms with Gasteiger partial charge in [0.05, 0.1) is 12.0 Å². The van der Waals surface area contributed by atoms with Gasteiger partial charge < -0.3 is 19.7 Å². The highest BCUT2D eigenvalue weighted by Crippen LogP contribution is 2.25. The minimum Gasteiger partial charge on any atom is -0.491 e. The Bertz CT molecular complexity index is 610. The summed E-state index contributed by atoms with van der Waals surface area (Å²) in [5, 5.41) is 19.4. The average Bonchev–Trinajstić information content (AvgIpc) is 2.67. The summed E-state index contributed by atoms with van der Waals surface area (Å²) >= 11 is 5.62. The summed E-state index contributed by atoms with van der Waals surface area (Å²) in [6, 6.07) is 7.66. The quantitative estimate of drug-likeness (QED) is 0.327. The van der Waals surface area contributed by atoms with Crippen LogP contribution in [0.1, 0.15) is 25.8 Å². The van der Waals surface area contributed by atoms with Crippen LogP contribution in [0.15, 0.2) is 60.4 Å². The molecular weight excluding hydrogens is 352 g/mol. The zero-order valence-electron chi connectivity index (χ0n) is 15.5. The molecule has 144 valence electrons. The topological polar surface area (TPSA) is 58.9 Å². The zero-order valence-corrected chi connectivity index (χ0v) is 16.3. The van der Waals surface area contributed by atoms with E-state index in [0.29, 0.717) is 24.4 Å². The molecule has 0 aliphatic carbocycles. The fraction of sp³-hybridized carbons (Fsp3) is 0.429. The molecule has 0 saturated carbocycles. The van der Waals surface area contributed by atoms with Crippen LogP contribution in [0.3, 0.4) is 0 Å². The summed E-state index contributed by atoms with van der Waals surface area (Å²) in [6.07, 6.45) is 5.43. The van der Waals surface area contributed by atoms with E-state index in [1.54, 1.807) is 12.2 Å². The van der Waals surface area contributed by atoms with Crippen LogP contribution in [0.4, 0.5) is 0 Å². The largest absolute Gasteiger partial charge is 0.491 e. The first-order valence-corrected chi connectivity index (χ1v) is 9.32. The zero-order chi connectivity index (χ0) is 19.4. The van der Waals surface area contributed by atoms with Crippen LogP contribution in [-0.2, 0) is 11.2 Å². The van der Waals surface area contributed by atoms with Crippen molar-refractivity contribution in [3.05, 3.63) is 66.0 Å². The number of hydrogen-bond donors (Lipinski definition) is 2. The monoisotopic (exact) mass is 380 g/mol. The number of rotatable bonds is 12. The van der Waals surface area contributed by atoms with E-state index in [1.807, 2.05) is 44.2 Å². The van der Waals surface area contributed by atoms with Crippen molar-refractivity contribution in [2.75, 3.05) is 19.1 Å². The SMILES string of the molecule is C=C/C=C(OCC(O)CC)\C(=C/C)Cc1ccccc1OCC(O)CCl. The van der Waals surface area contributed by atoms with Crippen molar-refractivity contribution in [2.45, 2.75) is 38.9 Å². The van der Waals surface area contributed by atoms with Gasteiger partial charge in [-0.05, 0) is 36.6 Å². The Morgan fingerprint density at radius 3 is 2.58 bits per heavy atom. The molecule has 0 heterocycles. The van der Waals surface area contributed by atoms with E-state index in [0.717, 1.165) is 11.1 Å². The van der Waals surface area contributed by atoms with Gasteiger partial charge in [-0.1, -0.05) is 43.9 Å². The maximum atomic E-state index is 9.76. The fourth-order valence-electron chi connectivity index (χ4n) is 2.22. The Balaban J connectivity index is 2.91. The van der Waals surface area contributed by atoms with Gasteiger partial charge in [0.15, 0.2) is 0 Å². The summed E-state index contributed by atoms with van der Waals surface area (Å²) in [4.78, 5) is 0. The molecule has 5 heteroatoms.